The molecule has 2 unspecified atom stereocenters. The van der Waals surface area contributed by atoms with Crippen LogP contribution >= 0.6 is 0 Å². The van der Waals surface area contributed by atoms with Crippen LogP contribution in [0.5, 0.6) is 0 Å². The molecule has 0 saturated carbocycles. The Hall–Kier alpha value is -0.200. The van der Waals surface area contributed by atoms with Gasteiger partial charge in [0.1, 0.15) is 0 Å². The van der Waals surface area contributed by atoms with Crippen molar-refractivity contribution in [3.63, 3.8) is 0 Å². The van der Waals surface area contributed by atoms with Gasteiger partial charge in [-0.15, -0.1) is 0 Å². The van der Waals surface area contributed by atoms with Gasteiger partial charge in [0.05, 0.1) is 43.0 Å². The number of hydrogen-bond acceptors (Lipinski definition) is 5. The van der Waals surface area contributed by atoms with E-state index in [0.717, 1.165) is 39.3 Å². The van der Waals surface area contributed by atoms with E-state index in [1.54, 1.807) is 0 Å². The molecule has 2 aliphatic rings. The number of hydroxylamine groups is 2. The standard InChI is InChI=1S/C21H42N2O3/c1-7-8-9-10-11-12-15-26-23-20(2,3)18(19(24-6)21(23,4)5)22-13-16-25-17-14-22/h18-19H,7-17H2,1-6H3. The summed E-state index contributed by atoms with van der Waals surface area (Å²) in [5.41, 5.74) is -0.271. The molecule has 0 aromatic rings. The monoisotopic (exact) mass is 370 g/mol. The van der Waals surface area contributed by atoms with Crippen LogP contribution in [0.15, 0.2) is 0 Å². The van der Waals surface area contributed by atoms with E-state index >= 15 is 0 Å². The Kier molecular flexibility index (Phi) is 8.35. The maximum absolute atomic E-state index is 6.39. The summed E-state index contributed by atoms with van der Waals surface area (Å²) in [4.78, 5) is 8.92. The SMILES string of the molecule is CCCCCCCCON1C(C)(C)C(OC)C(N2CCOCC2)C1(C)C. The van der Waals surface area contributed by atoms with Gasteiger partial charge in [0.25, 0.3) is 0 Å². The lowest BCUT2D eigenvalue weighted by molar-refractivity contribution is -0.251. The van der Waals surface area contributed by atoms with Crippen LogP contribution in [-0.4, -0.2) is 73.2 Å². The van der Waals surface area contributed by atoms with Crippen LogP contribution in [0.4, 0.5) is 0 Å². The molecule has 26 heavy (non-hydrogen) atoms. The van der Waals surface area contributed by atoms with Crippen LogP contribution < -0.4 is 0 Å². The third-order valence-electron chi connectivity index (χ3n) is 6.16. The predicted molar refractivity (Wildman–Crippen MR) is 106 cm³/mol. The molecule has 2 fully saturated rings. The summed E-state index contributed by atoms with van der Waals surface area (Å²) >= 11 is 0. The molecule has 5 heteroatoms. The molecule has 154 valence electrons. The molecular weight excluding hydrogens is 328 g/mol. The fourth-order valence-electron chi connectivity index (χ4n) is 5.02. The highest BCUT2D eigenvalue weighted by Crippen LogP contribution is 2.45. The van der Waals surface area contributed by atoms with Crippen molar-refractivity contribution in [2.75, 3.05) is 40.0 Å². The summed E-state index contributed by atoms with van der Waals surface area (Å²) in [7, 11) is 1.84. The second-order valence-electron chi connectivity index (χ2n) is 8.95. The van der Waals surface area contributed by atoms with E-state index in [1.165, 1.54) is 32.1 Å². The number of hydrogen-bond donors (Lipinski definition) is 0. The normalized spacial score (nSPS) is 29.3. The van der Waals surface area contributed by atoms with Gasteiger partial charge in [-0.3, -0.25) is 9.74 Å². The van der Waals surface area contributed by atoms with Gasteiger partial charge < -0.3 is 9.47 Å². The Morgan fingerprint density at radius 3 is 2.15 bits per heavy atom. The van der Waals surface area contributed by atoms with Crippen LogP contribution in [0.25, 0.3) is 0 Å². The van der Waals surface area contributed by atoms with Crippen molar-refractivity contribution in [3.8, 4) is 0 Å². The number of nitrogens with zero attached hydrogens (tertiary/aromatic N) is 2. The number of unbranched alkanes of at least 4 members (excludes halogenated alkanes) is 5. The first kappa shape index (κ1) is 22.1. The first-order valence-electron chi connectivity index (χ1n) is 10.6. The highest BCUT2D eigenvalue weighted by Gasteiger charge is 2.61. The predicted octanol–water partition coefficient (Wildman–Crippen LogP) is 3.87. The van der Waals surface area contributed by atoms with Crippen molar-refractivity contribution in [1.82, 2.24) is 9.96 Å². The van der Waals surface area contributed by atoms with Gasteiger partial charge in [-0.1, -0.05) is 39.0 Å². The first-order chi connectivity index (χ1) is 12.4. The summed E-state index contributed by atoms with van der Waals surface area (Å²) in [6.07, 6.45) is 7.82. The number of morpholine rings is 1. The van der Waals surface area contributed by atoms with E-state index in [4.69, 9.17) is 14.3 Å². The molecule has 0 aromatic heterocycles. The fraction of sp³-hybridized carbons (Fsp3) is 1.00. The molecule has 2 heterocycles. The highest BCUT2D eigenvalue weighted by molar-refractivity contribution is 5.14. The van der Waals surface area contributed by atoms with Crippen molar-refractivity contribution >= 4 is 0 Å². The molecule has 0 aromatic carbocycles. The van der Waals surface area contributed by atoms with Gasteiger partial charge in [-0.2, -0.15) is 5.06 Å². The van der Waals surface area contributed by atoms with Crippen LogP contribution in [0, 0.1) is 0 Å². The van der Waals surface area contributed by atoms with Gasteiger partial charge in [0.2, 0.25) is 0 Å². The number of rotatable bonds is 10. The van der Waals surface area contributed by atoms with Crippen LogP contribution in [0.1, 0.15) is 73.1 Å². The average Bonchev–Trinajstić information content (AvgIpc) is 2.76. The number of methoxy groups -OCH3 is 1. The molecule has 0 aliphatic carbocycles. The lowest BCUT2D eigenvalue weighted by Crippen LogP contribution is -2.57. The van der Waals surface area contributed by atoms with Crippen molar-refractivity contribution in [2.45, 2.75) is 96.4 Å². The molecule has 0 bridgehead atoms. The molecule has 2 aliphatic heterocycles. The van der Waals surface area contributed by atoms with Crippen LogP contribution in [0.3, 0.4) is 0 Å². The summed E-state index contributed by atoms with van der Waals surface area (Å²) in [5, 5.41) is 2.24. The van der Waals surface area contributed by atoms with E-state index in [2.05, 4.69) is 44.6 Å². The summed E-state index contributed by atoms with van der Waals surface area (Å²) in [5.74, 6) is 0. The molecule has 0 radical (unpaired) electrons. The summed E-state index contributed by atoms with van der Waals surface area (Å²) < 4.78 is 11.6. The quantitative estimate of drug-likeness (QED) is 0.545. The van der Waals surface area contributed by atoms with Crippen LogP contribution in [0.2, 0.25) is 0 Å². The third kappa shape index (κ3) is 4.79. The van der Waals surface area contributed by atoms with E-state index in [0.29, 0.717) is 6.04 Å². The van der Waals surface area contributed by atoms with Gasteiger partial charge in [0.15, 0.2) is 0 Å². The Balaban J connectivity index is 1.98. The lowest BCUT2D eigenvalue weighted by Gasteiger charge is -2.43. The Bertz CT molecular complexity index is 408. The minimum atomic E-state index is -0.163. The van der Waals surface area contributed by atoms with E-state index in [-0.39, 0.29) is 17.2 Å². The molecule has 2 atom stereocenters. The van der Waals surface area contributed by atoms with Gasteiger partial charge >= 0.3 is 0 Å². The smallest absolute Gasteiger partial charge is 0.0946 e. The lowest BCUT2D eigenvalue weighted by atomic mass is 9.89. The second kappa shape index (κ2) is 9.83. The van der Waals surface area contributed by atoms with E-state index in [9.17, 15) is 0 Å². The third-order valence-corrected chi connectivity index (χ3v) is 6.16. The zero-order valence-corrected chi connectivity index (χ0v) is 18.1. The van der Waals surface area contributed by atoms with Gasteiger partial charge in [0, 0.05) is 20.2 Å². The Morgan fingerprint density at radius 1 is 0.923 bits per heavy atom. The van der Waals surface area contributed by atoms with Crippen molar-refractivity contribution in [3.05, 3.63) is 0 Å². The first-order valence-corrected chi connectivity index (χ1v) is 10.6. The maximum atomic E-state index is 6.39. The Morgan fingerprint density at radius 2 is 1.54 bits per heavy atom. The molecule has 0 amide bonds. The molecule has 2 saturated heterocycles. The zero-order valence-electron chi connectivity index (χ0n) is 18.1. The zero-order chi connectivity index (χ0) is 19.2. The largest absolute Gasteiger partial charge is 0.379 e. The summed E-state index contributed by atoms with van der Waals surface area (Å²) in [6, 6.07) is 0.302. The van der Waals surface area contributed by atoms with E-state index < -0.39 is 0 Å². The molecule has 0 N–H and O–H groups in total. The molecule has 0 spiro atoms. The topological polar surface area (TPSA) is 34.2 Å². The number of ether oxygens (including phenoxy) is 2. The molecular formula is C21H42N2O3. The molecule has 2 rings (SSSR count). The van der Waals surface area contributed by atoms with Gasteiger partial charge in [-0.05, 0) is 34.1 Å². The highest BCUT2D eigenvalue weighted by atomic mass is 16.7. The van der Waals surface area contributed by atoms with Crippen molar-refractivity contribution < 1.29 is 14.3 Å². The van der Waals surface area contributed by atoms with E-state index in [1.807, 2.05) is 7.11 Å². The Labute approximate surface area is 161 Å². The fourth-order valence-corrected chi connectivity index (χ4v) is 5.02. The molecule has 5 nitrogen and oxygen atoms in total. The summed E-state index contributed by atoms with van der Waals surface area (Å²) in [6.45, 7) is 15.7. The maximum Gasteiger partial charge on any atom is 0.0946 e. The van der Waals surface area contributed by atoms with Crippen molar-refractivity contribution in [2.24, 2.45) is 0 Å². The minimum absolute atomic E-state index is 0.107. The second-order valence-corrected chi connectivity index (χ2v) is 8.95. The van der Waals surface area contributed by atoms with Gasteiger partial charge in [-0.25, -0.2) is 0 Å². The van der Waals surface area contributed by atoms with Crippen molar-refractivity contribution in [1.29, 1.82) is 0 Å². The van der Waals surface area contributed by atoms with Crippen LogP contribution in [-0.2, 0) is 14.3 Å². The average molecular weight is 371 g/mol. The minimum Gasteiger partial charge on any atom is -0.379 e.